The smallest absolute Gasteiger partial charge is 0.123 e. The molecule has 0 amide bonds. The van der Waals surface area contributed by atoms with Gasteiger partial charge in [0.05, 0.1) is 0 Å². The molecular weight excluding hydrogens is 152 g/mol. The lowest BCUT2D eigenvalue weighted by molar-refractivity contribution is -0.0847. The Hall–Kier alpha value is -0.120. The van der Waals surface area contributed by atoms with Crippen LogP contribution in [0.1, 0.15) is 13.3 Å². The third-order valence-corrected chi connectivity index (χ3v) is 2.31. The van der Waals surface area contributed by atoms with Crippen molar-refractivity contribution in [1.82, 2.24) is 9.80 Å². The molecule has 0 saturated carbocycles. The summed E-state index contributed by atoms with van der Waals surface area (Å²) < 4.78 is 5.70. The van der Waals surface area contributed by atoms with Crippen LogP contribution in [-0.4, -0.2) is 56.4 Å². The highest BCUT2D eigenvalue weighted by molar-refractivity contribution is 4.71. The molecule has 72 valence electrons. The molecule has 1 heterocycles. The molecule has 3 nitrogen and oxygen atoms in total. The van der Waals surface area contributed by atoms with Gasteiger partial charge in [-0.15, -0.1) is 0 Å². The van der Waals surface area contributed by atoms with Crippen molar-refractivity contribution < 1.29 is 4.74 Å². The predicted octanol–water partition coefficient (Wildman–Crippen LogP) is 0.616. The number of hydrogen-bond donors (Lipinski definition) is 0. The van der Waals surface area contributed by atoms with E-state index >= 15 is 0 Å². The van der Waals surface area contributed by atoms with Crippen LogP contribution in [0.2, 0.25) is 0 Å². The number of piperazine rings is 1. The van der Waals surface area contributed by atoms with Gasteiger partial charge in [0.15, 0.2) is 0 Å². The summed E-state index contributed by atoms with van der Waals surface area (Å²) in [7, 11) is 4.28. The Morgan fingerprint density at radius 2 is 2.08 bits per heavy atom. The summed E-state index contributed by atoms with van der Waals surface area (Å²) in [6.45, 7) is 6.33. The van der Waals surface area contributed by atoms with Gasteiger partial charge in [-0.2, -0.15) is 0 Å². The maximum Gasteiger partial charge on any atom is 0.123 e. The molecule has 1 fully saturated rings. The van der Waals surface area contributed by atoms with E-state index in [1.54, 1.807) is 0 Å². The fourth-order valence-corrected chi connectivity index (χ4v) is 1.40. The molecule has 12 heavy (non-hydrogen) atoms. The fourth-order valence-electron chi connectivity index (χ4n) is 1.40. The minimum atomic E-state index is 0.309. The Morgan fingerprint density at radius 1 is 1.33 bits per heavy atom. The van der Waals surface area contributed by atoms with Crippen LogP contribution in [-0.2, 0) is 4.74 Å². The molecule has 0 spiro atoms. The summed E-state index contributed by atoms with van der Waals surface area (Å²) in [5.74, 6) is 0. The van der Waals surface area contributed by atoms with Crippen LogP contribution in [0.4, 0.5) is 0 Å². The first kappa shape index (κ1) is 9.96. The van der Waals surface area contributed by atoms with Crippen molar-refractivity contribution in [2.24, 2.45) is 0 Å². The maximum atomic E-state index is 5.70. The number of hydrogen-bond acceptors (Lipinski definition) is 3. The van der Waals surface area contributed by atoms with Crippen molar-refractivity contribution in [2.45, 2.75) is 19.6 Å². The van der Waals surface area contributed by atoms with Gasteiger partial charge in [0.2, 0.25) is 0 Å². The Labute approximate surface area is 75.3 Å². The Balaban J connectivity index is 2.28. The normalized spacial score (nSPS) is 27.8. The van der Waals surface area contributed by atoms with Crippen LogP contribution >= 0.6 is 0 Å². The molecular formula is C9H20N2O. The largest absolute Gasteiger partial charge is 0.362 e. The molecule has 1 saturated heterocycles. The lowest BCUT2D eigenvalue weighted by atomic mass is 10.3. The summed E-state index contributed by atoms with van der Waals surface area (Å²) >= 11 is 0. The lowest BCUT2D eigenvalue weighted by Gasteiger charge is -2.37. The summed E-state index contributed by atoms with van der Waals surface area (Å²) in [5, 5.41) is 0. The van der Waals surface area contributed by atoms with E-state index in [1.807, 2.05) is 0 Å². The van der Waals surface area contributed by atoms with Crippen LogP contribution in [0, 0.1) is 0 Å². The highest BCUT2D eigenvalue weighted by Crippen LogP contribution is 2.07. The van der Waals surface area contributed by atoms with E-state index in [2.05, 4.69) is 30.8 Å². The summed E-state index contributed by atoms with van der Waals surface area (Å²) in [4.78, 5) is 4.61. The molecule has 0 radical (unpaired) electrons. The molecule has 1 atom stereocenters. The Kier molecular flexibility index (Phi) is 3.98. The third kappa shape index (κ3) is 2.73. The summed E-state index contributed by atoms with van der Waals surface area (Å²) in [5.41, 5.74) is 0. The van der Waals surface area contributed by atoms with Gasteiger partial charge < -0.3 is 9.64 Å². The van der Waals surface area contributed by atoms with Crippen LogP contribution in [0.15, 0.2) is 0 Å². The molecule has 1 aliphatic heterocycles. The van der Waals surface area contributed by atoms with Gasteiger partial charge in [0, 0.05) is 26.2 Å². The standard InChI is InChI=1S/C9H20N2O/c1-4-7-12-9-8-10(2)5-6-11(9)3/h9H,4-8H2,1-3H3. The molecule has 0 aromatic heterocycles. The van der Waals surface area contributed by atoms with E-state index in [1.165, 1.54) is 0 Å². The van der Waals surface area contributed by atoms with E-state index in [0.29, 0.717) is 6.23 Å². The van der Waals surface area contributed by atoms with E-state index < -0.39 is 0 Å². The Morgan fingerprint density at radius 3 is 2.75 bits per heavy atom. The number of ether oxygens (including phenoxy) is 1. The lowest BCUT2D eigenvalue weighted by Crippen LogP contribution is -2.51. The fraction of sp³-hybridized carbons (Fsp3) is 1.00. The van der Waals surface area contributed by atoms with Gasteiger partial charge in [-0.05, 0) is 20.5 Å². The second kappa shape index (κ2) is 4.80. The topological polar surface area (TPSA) is 15.7 Å². The van der Waals surface area contributed by atoms with Crippen molar-refractivity contribution in [3.8, 4) is 0 Å². The van der Waals surface area contributed by atoms with E-state index in [-0.39, 0.29) is 0 Å². The van der Waals surface area contributed by atoms with Crippen LogP contribution in [0.5, 0.6) is 0 Å². The van der Waals surface area contributed by atoms with Crippen LogP contribution in [0.3, 0.4) is 0 Å². The van der Waals surface area contributed by atoms with Crippen molar-refractivity contribution in [1.29, 1.82) is 0 Å². The molecule has 1 unspecified atom stereocenters. The maximum absolute atomic E-state index is 5.70. The van der Waals surface area contributed by atoms with Crippen molar-refractivity contribution in [2.75, 3.05) is 40.3 Å². The average molecular weight is 172 g/mol. The first-order chi connectivity index (χ1) is 5.74. The molecule has 0 aliphatic carbocycles. The van der Waals surface area contributed by atoms with Gasteiger partial charge in [0.25, 0.3) is 0 Å². The SMILES string of the molecule is CCCOC1CN(C)CCN1C. The highest BCUT2D eigenvalue weighted by atomic mass is 16.5. The van der Waals surface area contributed by atoms with Crippen molar-refractivity contribution in [3.05, 3.63) is 0 Å². The van der Waals surface area contributed by atoms with Gasteiger partial charge in [-0.1, -0.05) is 6.92 Å². The second-order valence-corrected chi connectivity index (χ2v) is 3.57. The van der Waals surface area contributed by atoms with Crippen molar-refractivity contribution >= 4 is 0 Å². The molecule has 1 rings (SSSR count). The van der Waals surface area contributed by atoms with Crippen LogP contribution < -0.4 is 0 Å². The Bertz CT molecular complexity index is 130. The minimum absolute atomic E-state index is 0.309. The average Bonchev–Trinajstić information content (AvgIpc) is 2.07. The molecule has 0 aromatic rings. The molecule has 3 heteroatoms. The number of rotatable bonds is 3. The molecule has 0 bridgehead atoms. The summed E-state index contributed by atoms with van der Waals surface area (Å²) in [6, 6.07) is 0. The molecule has 1 aliphatic rings. The predicted molar refractivity (Wildman–Crippen MR) is 50.2 cm³/mol. The van der Waals surface area contributed by atoms with Gasteiger partial charge in [-0.3, -0.25) is 4.90 Å². The van der Waals surface area contributed by atoms with Gasteiger partial charge in [-0.25, -0.2) is 0 Å². The quantitative estimate of drug-likeness (QED) is 0.620. The van der Waals surface area contributed by atoms with E-state index in [0.717, 1.165) is 32.7 Å². The minimum Gasteiger partial charge on any atom is -0.362 e. The number of nitrogens with zero attached hydrogens (tertiary/aromatic N) is 2. The third-order valence-electron chi connectivity index (χ3n) is 2.31. The van der Waals surface area contributed by atoms with Gasteiger partial charge in [0.1, 0.15) is 6.23 Å². The molecule has 0 aromatic carbocycles. The first-order valence-corrected chi connectivity index (χ1v) is 4.74. The summed E-state index contributed by atoms with van der Waals surface area (Å²) in [6.07, 6.45) is 1.41. The van der Waals surface area contributed by atoms with Crippen LogP contribution in [0.25, 0.3) is 0 Å². The highest BCUT2D eigenvalue weighted by Gasteiger charge is 2.21. The van der Waals surface area contributed by atoms with E-state index in [9.17, 15) is 0 Å². The zero-order valence-corrected chi connectivity index (χ0v) is 8.42. The monoisotopic (exact) mass is 172 g/mol. The zero-order chi connectivity index (χ0) is 8.97. The first-order valence-electron chi connectivity index (χ1n) is 4.74. The molecule has 0 N–H and O–H groups in total. The van der Waals surface area contributed by atoms with E-state index in [4.69, 9.17) is 4.74 Å². The van der Waals surface area contributed by atoms with Gasteiger partial charge >= 0.3 is 0 Å². The second-order valence-electron chi connectivity index (χ2n) is 3.57. The van der Waals surface area contributed by atoms with Crippen molar-refractivity contribution in [3.63, 3.8) is 0 Å². The zero-order valence-electron chi connectivity index (χ0n) is 8.42. The number of likely N-dealkylation sites (N-methyl/N-ethyl adjacent to an activating group) is 2.